The highest BCUT2D eigenvalue weighted by Crippen LogP contribution is 2.23. The van der Waals surface area contributed by atoms with E-state index in [9.17, 15) is 9.59 Å². The van der Waals surface area contributed by atoms with E-state index < -0.39 is 0 Å². The molecule has 3 aliphatic rings. The second-order valence-electron chi connectivity index (χ2n) is 9.04. The third-order valence-corrected chi connectivity index (χ3v) is 6.89. The maximum Gasteiger partial charge on any atom is 0.253 e. The van der Waals surface area contributed by atoms with Gasteiger partial charge in [0.1, 0.15) is 0 Å². The standard InChI is InChI=1S/C24H35N3O4/c1-18-4-6-19(7-5-18)24(29)27-9-2-3-20(16-27)23(28)25-15-22(21-8-12-31-17-21)26-10-13-30-14-11-26/h4-7,20-22H,2-3,8-17H2,1H3,(H,25,28). The Morgan fingerprint density at radius 2 is 1.84 bits per heavy atom. The van der Waals surface area contributed by atoms with Gasteiger partial charge in [-0.2, -0.15) is 0 Å². The molecule has 170 valence electrons. The monoisotopic (exact) mass is 429 g/mol. The average Bonchev–Trinajstić information content (AvgIpc) is 3.34. The van der Waals surface area contributed by atoms with Gasteiger partial charge in [0.2, 0.25) is 5.91 Å². The number of amides is 2. The summed E-state index contributed by atoms with van der Waals surface area (Å²) in [5.74, 6) is 0.392. The number of hydrogen-bond donors (Lipinski definition) is 1. The zero-order chi connectivity index (χ0) is 21.6. The molecular weight excluding hydrogens is 394 g/mol. The van der Waals surface area contributed by atoms with Gasteiger partial charge in [-0.15, -0.1) is 0 Å². The molecule has 3 unspecified atom stereocenters. The van der Waals surface area contributed by atoms with E-state index in [1.54, 1.807) is 0 Å². The Morgan fingerprint density at radius 1 is 1.06 bits per heavy atom. The van der Waals surface area contributed by atoms with Crippen LogP contribution in [0.25, 0.3) is 0 Å². The summed E-state index contributed by atoms with van der Waals surface area (Å²) < 4.78 is 11.1. The van der Waals surface area contributed by atoms with E-state index in [0.717, 1.165) is 64.3 Å². The van der Waals surface area contributed by atoms with Crippen molar-refractivity contribution in [3.05, 3.63) is 35.4 Å². The van der Waals surface area contributed by atoms with Gasteiger partial charge in [-0.25, -0.2) is 0 Å². The lowest BCUT2D eigenvalue weighted by atomic mass is 9.94. The van der Waals surface area contributed by atoms with Crippen LogP contribution in [0.4, 0.5) is 0 Å². The summed E-state index contributed by atoms with van der Waals surface area (Å²) in [6.45, 7) is 8.72. The van der Waals surface area contributed by atoms with Crippen molar-refractivity contribution in [2.75, 3.05) is 59.2 Å². The van der Waals surface area contributed by atoms with Crippen LogP contribution < -0.4 is 5.32 Å². The third-order valence-electron chi connectivity index (χ3n) is 6.89. The topological polar surface area (TPSA) is 71.1 Å². The molecule has 0 radical (unpaired) electrons. The molecule has 3 fully saturated rings. The summed E-state index contributed by atoms with van der Waals surface area (Å²) in [5.41, 5.74) is 1.83. The number of benzene rings is 1. The van der Waals surface area contributed by atoms with Crippen LogP contribution in [0.3, 0.4) is 0 Å². The van der Waals surface area contributed by atoms with Crippen molar-refractivity contribution in [1.29, 1.82) is 0 Å². The van der Waals surface area contributed by atoms with E-state index >= 15 is 0 Å². The number of rotatable bonds is 6. The molecule has 0 spiro atoms. The van der Waals surface area contributed by atoms with Crippen molar-refractivity contribution in [3.63, 3.8) is 0 Å². The number of carbonyl (C=O) groups excluding carboxylic acids is 2. The average molecular weight is 430 g/mol. The quantitative estimate of drug-likeness (QED) is 0.745. The third kappa shape index (κ3) is 5.64. The second kappa shape index (κ2) is 10.6. The lowest BCUT2D eigenvalue weighted by molar-refractivity contribution is -0.126. The molecule has 7 nitrogen and oxygen atoms in total. The number of hydrogen-bond acceptors (Lipinski definition) is 5. The van der Waals surface area contributed by atoms with E-state index in [1.165, 1.54) is 0 Å². The van der Waals surface area contributed by atoms with Gasteiger partial charge in [0.25, 0.3) is 5.91 Å². The first-order valence-electron chi connectivity index (χ1n) is 11.6. The molecule has 31 heavy (non-hydrogen) atoms. The number of aryl methyl sites for hydroxylation is 1. The van der Waals surface area contributed by atoms with Crippen molar-refractivity contribution in [2.24, 2.45) is 11.8 Å². The van der Waals surface area contributed by atoms with Gasteiger partial charge in [0.05, 0.1) is 25.7 Å². The fourth-order valence-electron chi connectivity index (χ4n) is 4.96. The summed E-state index contributed by atoms with van der Waals surface area (Å²) in [7, 11) is 0. The Balaban J connectivity index is 1.33. The van der Waals surface area contributed by atoms with Gasteiger partial charge in [0, 0.05) is 56.9 Å². The van der Waals surface area contributed by atoms with Gasteiger partial charge in [-0.3, -0.25) is 14.5 Å². The summed E-state index contributed by atoms with van der Waals surface area (Å²) in [6.07, 6.45) is 2.73. The summed E-state index contributed by atoms with van der Waals surface area (Å²) in [5, 5.41) is 3.22. The van der Waals surface area contributed by atoms with Crippen LogP contribution in [0.5, 0.6) is 0 Å². The number of piperidine rings is 1. The summed E-state index contributed by atoms with van der Waals surface area (Å²) in [4.78, 5) is 30.2. The Hall–Kier alpha value is -1.96. The van der Waals surface area contributed by atoms with E-state index in [2.05, 4.69) is 10.2 Å². The highest BCUT2D eigenvalue weighted by Gasteiger charge is 2.33. The zero-order valence-electron chi connectivity index (χ0n) is 18.6. The van der Waals surface area contributed by atoms with Crippen LogP contribution >= 0.6 is 0 Å². The van der Waals surface area contributed by atoms with Gasteiger partial charge in [-0.1, -0.05) is 17.7 Å². The summed E-state index contributed by atoms with van der Waals surface area (Å²) in [6, 6.07) is 7.94. The minimum Gasteiger partial charge on any atom is -0.381 e. The number of nitrogens with zero attached hydrogens (tertiary/aromatic N) is 2. The number of nitrogens with one attached hydrogen (secondary N) is 1. The number of likely N-dealkylation sites (tertiary alicyclic amines) is 1. The second-order valence-corrected chi connectivity index (χ2v) is 9.04. The highest BCUT2D eigenvalue weighted by molar-refractivity contribution is 5.94. The Labute approximate surface area is 185 Å². The smallest absolute Gasteiger partial charge is 0.253 e. The number of morpholine rings is 1. The van der Waals surface area contributed by atoms with Crippen LogP contribution in [-0.4, -0.2) is 86.8 Å². The molecule has 1 N–H and O–H groups in total. The minimum atomic E-state index is -0.145. The minimum absolute atomic E-state index is 0.0202. The van der Waals surface area contributed by atoms with Crippen molar-refractivity contribution >= 4 is 11.8 Å². The first-order valence-corrected chi connectivity index (χ1v) is 11.6. The SMILES string of the molecule is Cc1ccc(C(=O)N2CCCC(C(=O)NCC(C3CCOC3)N3CCOCC3)C2)cc1. The fourth-order valence-corrected chi connectivity index (χ4v) is 4.96. The Bertz CT molecular complexity index is 742. The molecule has 0 aliphatic carbocycles. The van der Waals surface area contributed by atoms with Crippen LogP contribution in [0.2, 0.25) is 0 Å². The van der Waals surface area contributed by atoms with Gasteiger partial charge >= 0.3 is 0 Å². The van der Waals surface area contributed by atoms with Crippen molar-refractivity contribution in [1.82, 2.24) is 15.1 Å². The molecule has 1 aromatic carbocycles. The molecule has 3 saturated heterocycles. The normalized spacial score (nSPS) is 25.9. The van der Waals surface area contributed by atoms with Crippen molar-refractivity contribution < 1.29 is 19.1 Å². The van der Waals surface area contributed by atoms with Crippen molar-refractivity contribution in [3.8, 4) is 0 Å². The predicted octanol–water partition coefficient (Wildman–Crippen LogP) is 1.70. The zero-order valence-corrected chi connectivity index (χ0v) is 18.6. The maximum absolute atomic E-state index is 13.0. The fraction of sp³-hybridized carbons (Fsp3) is 0.667. The first-order chi connectivity index (χ1) is 15.1. The highest BCUT2D eigenvalue weighted by atomic mass is 16.5. The van der Waals surface area contributed by atoms with Crippen LogP contribution in [-0.2, 0) is 14.3 Å². The molecule has 3 aliphatic heterocycles. The van der Waals surface area contributed by atoms with E-state index in [1.807, 2.05) is 36.1 Å². The largest absolute Gasteiger partial charge is 0.381 e. The first kappa shape index (κ1) is 22.2. The molecule has 1 aromatic rings. The molecule has 0 bridgehead atoms. The van der Waals surface area contributed by atoms with E-state index in [-0.39, 0.29) is 23.8 Å². The molecular formula is C24H35N3O4. The van der Waals surface area contributed by atoms with Gasteiger partial charge in [-0.05, 0) is 38.3 Å². The van der Waals surface area contributed by atoms with Crippen LogP contribution in [0.15, 0.2) is 24.3 Å². The molecule has 3 heterocycles. The molecule has 0 aromatic heterocycles. The molecule has 4 rings (SSSR count). The van der Waals surface area contributed by atoms with Crippen LogP contribution in [0, 0.1) is 18.8 Å². The molecule has 3 atom stereocenters. The van der Waals surface area contributed by atoms with Crippen LogP contribution in [0.1, 0.15) is 35.2 Å². The summed E-state index contributed by atoms with van der Waals surface area (Å²) >= 11 is 0. The Kier molecular flexibility index (Phi) is 7.58. The molecule has 0 saturated carbocycles. The van der Waals surface area contributed by atoms with E-state index in [4.69, 9.17) is 9.47 Å². The maximum atomic E-state index is 13.0. The van der Waals surface area contributed by atoms with Gasteiger partial charge < -0.3 is 19.7 Å². The van der Waals surface area contributed by atoms with Gasteiger partial charge in [0.15, 0.2) is 0 Å². The lowest BCUT2D eigenvalue weighted by Gasteiger charge is -2.38. The number of carbonyl (C=O) groups is 2. The number of ether oxygens (including phenoxy) is 2. The van der Waals surface area contributed by atoms with Crippen molar-refractivity contribution in [2.45, 2.75) is 32.2 Å². The predicted molar refractivity (Wildman–Crippen MR) is 118 cm³/mol. The Morgan fingerprint density at radius 3 is 2.55 bits per heavy atom. The lowest BCUT2D eigenvalue weighted by Crippen LogP contribution is -2.53. The molecule has 2 amide bonds. The molecule has 7 heteroatoms. The van der Waals surface area contributed by atoms with E-state index in [0.29, 0.717) is 31.1 Å².